The van der Waals surface area contributed by atoms with E-state index in [2.05, 4.69) is 6.92 Å². The van der Waals surface area contributed by atoms with Gasteiger partial charge in [-0.05, 0) is 6.42 Å². The summed E-state index contributed by atoms with van der Waals surface area (Å²) in [7, 11) is -4.27. The molecule has 0 amide bonds. The monoisotopic (exact) mass is 359 g/mol. The Morgan fingerprint density at radius 3 is 1.61 bits per heavy atom. The number of esters is 1. The van der Waals surface area contributed by atoms with Gasteiger partial charge in [-0.15, -0.1) is 0 Å². The summed E-state index contributed by atoms with van der Waals surface area (Å²) >= 11 is 0. The van der Waals surface area contributed by atoms with Crippen LogP contribution in [0.1, 0.15) is 84.0 Å². The predicted molar refractivity (Wildman–Crippen MR) is 88.5 cm³/mol. The Morgan fingerprint density at radius 1 is 0.826 bits per heavy atom. The van der Waals surface area contributed by atoms with Gasteiger partial charge < -0.3 is 4.74 Å². The van der Waals surface area contributed by atoms with Crippen molar-refractivity contribution in [3.63, 3.8) is 0 Å². The second-order valence-electron chi connectivity index (χ2n) is 5.84. The van der Waals surface area contributed by atoms with Crippen LogP contribution in [0, 0.1) is 0 Å². The van der Waals surface area contributed by atoms with Gasteiger partial charge in [-0.2, -0.15) is 8.42 Å². The van der Waals surface area contributed by atoms with Crippen LogP contribution in [0.3, 0.4) is 0 Å². The molecule has 132 valence electrons. The molecule has 0 aliphatic rings. The fourth-order valence-corrected chi connectivity index (χ4v) is 2.70. The van der Waals surface area contributed by atoms with Gasteiger partial charge in [0, 0.05) is 0 Å². The maximum atomic E-state index is 11.0. The maximum Gasteiger partial charge on any atom is 1.00 e. The van der Waals surface area contributed by atoms with Crippen molar-refractivity contribution in [3.05, 3.63) is 0 Å². The van der Waals surface area contributed by atoms with Gasteiger partial charge in [0.2, 0.25) is 0 Å². The summed E-state index contributed by atoms with van der Waals surface area (Å²) in [6, 6.07) is 0. The van der Waals surface area contributed by atoms with Gasteiger partial charge in [0.1, 0.15) is 0 Å². The molecule has 0 aromatic rings. The Labute approximate surface area is 164 Å². The molecule has 0 atom stereocenters. The number of hydrogen-bond donors (Lipinski definition) is 1. The zero-order valence-electron chi connectivity index (χ0n) is 14.9. The van der Waals surface area contributed by atoms with Crippen molar-refractivity contribution in [2.75, 3.05) is 12.4 Å². The Balaban J connectivity index is 0. The summed E-state index contributed by atoms with van der Waals surface area (Å²) < 4.78 is 34.1. The van der Waals surface area contributed by atoms with Crippen molar-refractivity contribution < 1.29 is 52.1 Å². The number of unbranched alkanes of at least 4 members (excludes halogenated alkanes) is 11. The van der Waals surface area contributed by atoms with Crippen LogP contribution in [0.2, 0.25) is 0 Å². The molecule has 0 bridgehead atoms. The van der Waals surface area contributed by atoms with E-state index in [0.29, 0.717) is 0 Å². The largest absolute Gasteiger partial charge is 1.00 e. The number of ether oxygens (including phenoxy) is 1. The molecule has 0 aliphatic heterocycles. The molecule has 1 N–H and O–H groups in total. The molecule has 0 saturated carbocycles. The summed E-state index contributed by atoms with van der Waals surface area (Å²) in [5.41, 5.74) is 0. The minimum Gasteiger partial charge on any atom is -0.465 e. The van der Waals surface area contributed by atoms with E-state index >= 15 is 0 Å². The standard InChI is InChI=1S/C16H32O5S.Na/c1-2-3-4-5-6-7-8-9-10-11-12-13-14-21-16(17)15-22(18,19)20;/h2-15H2,1H3,(H,18,19,20);/q;+1. The Hall–Kier alpha value is 0.380. The fourth-order valence-electron chi connectivity index (χ4n) is 2.32. The van der Waals surface area contributed by atoms with E-state index in [4.69, 9.17) is 9.29 Å². The second-order valence-corrected chi connectivity index (χ2v) is 7.29. The normalized spacial score (nSPS) is 11.0. The number of rotatable bonds is 15. The van der Waals surface area contributed by atoms with E-state index in [1.165, 1.54) is 57.8 Å². The predicted octanol–water partition coefficient (Wildman–Crippen LogP) is 1.12. The number of carbonyl (C=O) groups excluding carboxylic acids is 1. The molecular weight excluding hydrogens is 327 g/mol. The SMILES string of the molecule is CCCCCCCCCCCCCCOC(=O)CS(=O)(=O)O.[Na+]. The van der Waals surface area contributed by atoms with Crippen LogP contribution in [-0.4, -0.2) is 31.3 Å². The molecular formula is C16H32NaO5S+. The van der Waals surface area contributed by atoms with Gasteiger partial charge in [0.15, 0.2) is 5.75 Å². The third-order valence-corrected chi connectivity index (χ3v) is 4.16. The van der Waals surface area contributed by atoms with Gasteiger partial charge in [0.25, 0.3) is 10.1 Å². The van der Waals surface area contributed by atoms with Crippen LogP contribution in [-0.2, 0) is 19.6 Å². The van der Waals surface area contributed by atoms with Crippen LogP contribution in [0.15, 0.2) is 0 Å². The van der Waals surface area contributed by atoms with E-state index in [1.807, 2.05) is 0 Å². The molecule has 0 fully saturated rings. The van der Waals surface area contributed by atoms with Gasteiger partial charge in [0.05, 0.1) is 6.61 Å². The minimum absolute atomic E-state index is 0. The first-order chi connectivity index (χ1) is 10.5. The van der Waals surface area contributed by atoms with Crippen molar-refractivity contribution in [1.82, 2.24) is 0 Å². The Morgan fingerprint density at radius 2 is 1.22 bits per heavy atom. The van der Waals surface area contributed by atoms with E-state index < -0.39 is 21.8 Å². The third kappa shape index (κ3) is 22.4. The molecule has 0 aromatic heterocycles. The average molecular weight is 359 g/mol. The van der Waals surface area contributed by atoms with Gasteiger partial charge >= 0.3 is 35.5 Å². The second kappa shape index (κ2) is 17.2. The maximum absolute atomic E-state index is 11.0. The van der Waals surface area contributed by atoms with Crippen molar-refractivity contribution >= 4 is 16.1 Å². The molecule has 7 heteroatoms. The smallest absolute Gasteiger partial charge is 0.465 e. The molecule has 0 aromatic carbocycles. The molecule has 0 saturated heterocycles. The van der Waals surface area contributed by atoms with E-state index in [-0.39, 0.29) is 36.2 Å². The van der Waals surface area contributed by atoms with Gasteiger partial charge in [-0.25, -0.2) is 0 Å². The zero-order chi connectivity index (χ0) is 16.7. The minimum atomic E-state index is -4.27. The first-order valence-electron chi connectivity index (χ1n) is 8.56. The number of hydrogen-bond acceptors (Lipinski definition) is 4. The van der Waals surface area contributed by atoms with Crippen molar-refractivity contribution in [2.24, 2.45) is 0 Å². The molecule has 5 nitrogen and oxygen atoms in total. The van der Waals surface area contributed by atoms with Crippen LogP contribution >= 0.6 is 0 Å². The Kier molecular flexibility index (Phi) is 19.2. The summed E-state index contributed by atoms with van der Waals surface area (Å²) in [6.45, 7) is 2.46. The van der Waals surface area contributed by atoms with Crippen LogP contribution < -0.4 is 29.6 Å². The molecule has 0 heterocycles. The summed E-state index contributed by atoms with van der Waals surface area (Å²) in [4.78, 5) is 11.0. The molecule has 0 unspecified atom stereocenters. The van der Waals surface area contributed by atoms with Crippen molar-refractivity contribution in [1.29, 1.82) is 0 Å². The molecule has 0 radical (unpaired) electrons. The summed E-state index contributed by atoms with van der Waals surface area (Å²) in [5, 5.41) is 0. The summed E-state index contributed by atoms with van der Waals surface area (Å²) in [5.74, 6) is -1.84. The fraction of sp³-hybridized carbons (Fsp3) is 0.938. The van der Waals surface area contributed by atoms with E-state index in [1.54, 1.807) is 0 Å². The Bertz CT molecular complexity index is 371. The average Bonchev–Trinajstić information content (AvgIpc) is 2.42. The topological polar surface area (TPSA) is 80.7 Å². The first kappa shape index (κ1) is 25.6. The molecule has 23 heavy (non-hydrogen) atoms. The van der Waals surface area contributed by atoms with Crippen LogP contribution in [0.5, 0.6) is 0 Å². The van der Waals surface area contributed by atoms with Crippen molar-refractivity contribution in [3.8, 4) is 0 Å². The van der Waals surface area contributed by atoms with E-state index in [9.17, 15) is 13.2 Å². The molecule has 0 aliphatic carbocycles. The van der Waals surface area contributed by atoms with Crippen molar-refractivity contribution in [2.45, 2.75) is 84.0 Å². The van der Waals surface area contributed by atoms with Gasteiger partial charge in [-0.3, -0.25) is 9.35 Å². The quantitative estimate of drug-likeness (QED) is 0.205. The van der Waals surface area contributed by atoms with E-state index in [0.717, 1.165) is 19.3 Å². The van der Waals surface area contributed by atoms with Crippen LogP contribution in [0.4, 0.5) is 0 Å². The third-order valence-electron chi connectivity index (χ3n) is 3.56. The first-order valence-corrected chi connectivity index (χ1v) is 10.2. The molecule has 0 rings (SSSR count). The van der Waals surface area contributed by atoms with Gasteiger partial charge in [-0.1, -0.05) is 77.6 Å². The molecule has 0 spiro atoms. The zero-order valence-corrected chi connectivity index (χ0v) is 17.7. The summed E-state index contributed by atoms with van der Waals surface area (Å²) in [6.07, 6.45) is 14.7. The van der Waals surface area contributed by atoms with Crippen LogP contribution in [0.25, 0.3) is 0 Å². The number of carbonyl (C=O) groups is 1.